The standard InChI is InChI=1S/C15H10F6O6S2Si/c16-14(17,18)28(22,23)26-30(27-29(24,25)15(19,20)21)12-7-3-1-5-10(12)9-11-6-2-4-8-13(11)30/h1-8H,9H2. The molecule has 0 amide bonds. The van der Waals surface area contributed by atoms with Crippen LogP contribution in [0, 0.1) is 0 Å². The van der Waals surface area contributed by atoms with E-state index in [0.29, 0.717) is 0 Å². The summed E-state index contributed by atoms with van der Waals surface area (Å²) in [4.78, 5) is 0. The lowest BCUT2D eigenvalue weighted by atomic mass is 10.0. The monoisotopic (exact) mass is 492 g/mol. The van der Waals surface area contributed by atoms with Crippen molar-refractivity contribution in [3.05, 3.63) is 59.7 Å². The van der Waals surface area contributed by atoms with Crippen LogP contribution in [0.15, 0.2) is 48.5 Å². The van der Waals surface area contributed by atoms with E-state index in [4.69, 9.17) is 0 Å². The lowest BCUT2D eigenvalue weighted by Crippen LogP contribution is -2.69. The van der Waals surface area contributed by atoms with Crippen molar-refractivity contribution in [2.45, 2.75) is 17.4 Å². The summed E-state index contributed by atoms with van der Waals surface area (Å²) in [6.07, 6.45) is -0.0219. The Labute approximate surface area is 167 Å². The number of fused-ring (bicyclic) bond motifs is 2. The van der Waals surface area contributed by atoms with Gasteiger partial charge in [0, 0.05) is 10.4 Å². The maximum Gasteiger partial charge on any atom is 0.522 e. The van der Waals surface area contributed by atoms with Gasteiger partial charge in [0.25, 0.3) is 0 Å². The van der Waals surface area contributed by atoms with Gasteiger partial charge in [0.05, 0.1) is 0 Å². The van der Waals surface area contributed by atoms with Crippen molar-refractivity contribution >= 4 is 39.2 Å². The highest BCUT2D eigenvalue weighted by Gasteiger charge is 2.63. The van der Waals surface area contributed by atoms with Gasteiger partial charge in [0.1, 0.15) is 0 Å². The Bertz CT molecular complexity index is 1100. The molecular weight excluding hydrogens is 482 g/mol. The maximum absolute atomic E-state index is 13.1. The highest BCUT2D eigenvalue weighted by molar-refractivity contribution is 7.90. The second kappa shape index (κ2) is 7.05. The zero-order chi connectivity index (χ0) is 22.6. The Kier molecular flexibility index (Phi) is 5.34. The first-order valence-corrected chi connectivity index (χ1v) is 12.4. The Morgan fingerprint density at radius 3 is 1.33 bits per heavy atom. The fourth-order valence-electron chi connectivity index (χ4n) is 2.94. The second-order valence-electron chi connectivity index (χ2n) is 6.07. The van der Waals surface area contributed by atoms with Gasteiger partial charge in [0.15, 0.2) is 0 Å². The third-order valence-electron chi connectivity index (χ3n) is 4.15. The van der Waals surface area contributed by atoms with E-state index in [0.717, 1.165) is 12.1 Å². The zero-order valence-electron chi connectivity index (χ0n) is 14.4. The van der Waals surface area contributed by atoms with E-state index >= 15 is 0 Å². The van der Waals surface area contributed by atoms with Crippen molar-refractivity contribution in [3.8, 4) is 0 Å². The molecule has 3 rings (SSSR count). The molecule has 2 aromatic rings. The van der Waals surface area contributed by atoms with Crippen LogP contribution in [0.2, 0.25) is 0 Å². The molecule has 0 fully saturated rings. The lowest BCUT2D eigenvalue weighted by molar-refractivity contribution is -0.0527. The topological polar surface area (TPSA) is 86.7 Å². The van der Waals surface area contributed by atoms with Gasteiger partial charge in [-0.05, 0) is 17.5 Å². The van der Waals surface area contributed by atoms with Crippen LogP contribution in [-0.2, 0) is 34.4 Å². The van der Waals surface area contributed by atoms with E-state index in [1.165, 1.54) is 36.4 Å². The maximum atomic E-state index is 13.1. The zero-order valence-corrected chi connectivity index (χ0v) is 17.0. The number of hydrogen-bond donors (Lipinski definition) is 0. The van der Waals surface area contributed by atoms with E-state index in [1.807, 2.05) is 0 Å². The first-order valence-electron chi connectivity index (χ1n) is 7.81. The summed E-state index contributed by atoms with van der Waals surface area (Å²) in [5, 5.41) is -0.992. The largest absolute Gasteiger partial charge is 0.522 e. The molecule has 2 aromatic carbocycles. The highest BCUT2D eigenvalue weighted by Crippen LogP contribution is 2.34. The van der Waals surface area contributed by atoms with Crippen molar-refractivity contribution in [3.63, 3.8) is 0 Å². The first kappa shape index (κ1) is 22.7. The highest BCUT2D eigenvalue weighted by atomic mass is 32.2. The molecule has 0 unspecified atom stereocenters. The van der Waals surface area contributed by atoms with Crippen LogP contribution < -0.4 is 10.4 Å². The molecule has 0 spiro atoms. The van der Waals surface area contributed by atoms with Gasteiger partial charge in [-0.25, -0.2) is 0 Å². The molecule has 1 aliphatic rings. The van der Waals surface area contributed by atoms with Crippen molar-refractivity contribution in [1.29, 1.82) is 0 Å². The molecular formula is C15H10F6O6S2Si. The summed E-state index contributed by atoms with van der Waals surface area (Å²) in [7, 11) is -18.7. The minimum absolute atomic E-state index is 0.0219. The molecule has 6 nitrogen and oxygen atoms in total. The molecule has 0 saturated heterocycles. The lowest BCUT2D eigenvalue weighted by Gasteiger charge is -2.36. The molecule has 0 atom stereocenters. The molecule has 0 aromatic heterocycles. The molecule has 30 heavy (non-hydrogen) atoms. The van der Waals surface area contributed by atoms with Gasteiger partial charge in [-0.1, -0.05) is 48.5 Å². The van der Waals surface area contributed by atoms with Crippen molar-refractivity contribution in [2.75, 3.05) is 0 Å². The summed E-state index contributed by atoms with van der Waals surface area (Å²) in [6, 6.07) is 9.69. The smallest absolute Gasteiger partial charge is 0.267 e. The van der Waals surface area contributed by atoms with Gasteiger partial charge in [-0.3, -0.25) is 7.74 Å². The van der Waals surface area contributed by atoms with Crippen LogP contribution in [0.1, 0.15) is 11.1 Å². The van der Waals surface area contributed by atoms with Crippen molar-refractivity contribution < 1.29 is 50.9 Å². The van der Waals surface area contributed by atoms with E-state index in [1.54, 1.807) is 0 Å². The van der Waals surface area contributed by atoms with Gasteiger partial charge in [0.2, 0.25) is 0 Å². The molecule has 15 heteroatoms. The summed E-state index contributed by atoms with van der Waals surface area (Å²) < 4.78 is 134. The average molecular weight is 492 g/mol. The third kappa shape index (κ3) is 3.75. The SMILES string of the molecule is O=S(=O)(O[Si]1(OS(=O)(=O)C(F)(F)F)c2ccccc2Cc2ccccc21)C(F)(F)F. The Morgan fingerprint density at radius 2 is 1.00 bits per heavy atom. The minimum Gasteiger partial charge on any atom is -0.267 e. The second-order valence-corrected chi connectivity index (χ2v) is 12.5. The van der Waals surface area contributed by atoms with Crippen LogP contribution >= 0.6 is 0 Å². The van der Waals surface area contributed by atoms with Crippen LogP contribution in [0.4, 0.5) is 26.3 Å². The van der Waals surface area contributed by atoms with Crippen molar-refractivity contribution in [1.82, 2.24) is 0 Å². The number of alkyl halides is 6. The fourth-order valence-corrected chi connectivity index (χ4v) is 10.1. The number of halogens is 6. The number of rotatable bonds is 4. The van der Waals surface area contributed by atoms with Gasteiger partial charge in [-0.15, -0.1) is 0 Å². The van der Waals surface area contributed by atoms with Gasteiger partial charge >= 0.3 is 39.8 Å². The third-order valence-corrected chi connectivity index (χ3v) is 11.3. The van der Waals surface area contributed by atoms with E-state index in [9.17, 15) is 43.2 Å². The minimum atomic E-state index is -6.55. The van der Waals surface area contributed by atoms with Crippen LogP contribution in [-0.4, -0.2) is 36.4 Å². The summed E-state index contributed by atoms with van der Waals surface area (Å²) in [5.41, 5.74) is -11.9. The predicted molar refractivity (Wildman–Crippen MR) is 92.8 cm³/mol. The Morgan fingerprint density at radius 1 is 0.667 bits per heavy atom. The molecule has 164 valence electrons. The van der Waals surface area contributed by atoms with Crippen LogP contribution in [0.5, 0.6) is 0 Å². The molecule has 0 bridgehead atoms. The van der Waals surface area contributed by atoms with Crippen molar-refractivity contribution in [2.24, 2.45) is 0 Å². The number of hydrogen-bond acceptors (Lipinski definition) is 6. The quantitative estimate of drug-likeness (QED) is 0.368. The molecule has 1 aliphatic heterocycles. The van der Waals surface area contributed by atoms with Gasteiger partial charge in [-0.2, -0.15) is 43.2 Å². The Balaban J connectivity index is 2.39. The average Bonchev–Trinajstić information content (AvgIpc) is 2.59. The first-order chi connectivity index (χ1) is 13.6. The van der Waals surface area contributed by atoms with Crippen LogP contribution in [0.25, 0.3) is 0 Å². The molecule has 1 heterocycles. The van der Waals surface area contributed by atoms with Gasteiger partial charge < -0.3 is 0 Å². The normalized spacial score (nSPS) is 16.6. The summed E-state index contributed by atoms with van der Waals surface area (Å²) in [5.74, 6) is 0. The van der Waals surface area contributed by atoms with E-state index < -0.39 is 50.2 Å². The summed E-state index contributed by atoms with van der Waals surface area (Å²) in [6.45, 7) is 0. The van der Waals surface area contributed by atoms with Crippen LogP contribution in [0.3, 0.4) is 0 Å². The summed E-state index contributed by atoms with van der Waals surface area (Å²) >= 11 is 0. The molecule has 0 N–H and O–H groups in total. The molecule has 0 saturated carbocycles. The van der Waals surface area contributed by atoms with E-state index in [2.05, 4.69) is 7.74 Å². The predicted octanol–water partition coefficient (Wildman–Crippen LogP) is 1.88. The molecule has 0 aliphatic carbocycles. The number of benzene rings is 2. The fraction of sp³-hybridized carbons (Fsp3) is 0.200. The Hall–Kier alpha value is -1.94. The van der Waals surface area contributed by atoms with E-state index in [-0.39, 0.29) is 17.5 Å². The molecule has 0 radical (unpaired) electrons.